The summed E-state index contributed by atoms with van der Waals surface area (Å²) >= 11 is 0. The molecule has 10 nitrogen and oxygen atoms in total. The molecule has 0 fully saturated rings. The van der Waals surface area contributed by atoms with E-state index in [-0.39, 0.29) is 30.6 Å². The van der Waals surface area contributed by atoms with Crippen LogP contribution >= 0.6 is 0 Å². The molecule has 0 spiro atoms. The summed E-state index contributed by atoms with van der Waals surface area (Å²) in [5.74, 6) is -2.15. The van der Waals surface area contributed by atoms with Crippen LogP contribution in [0.15, 0.2) is 116 Å². The van der Waals surface area contributed by atoms with E-state index in [0.717, 1.165) is 28.5 Å². The van der Waals surface area contributed by atoms with Crippen molar-refractivity contribution in [3.05, 3.63) is 138 Å². The van der Waals surface area contributed by atoms with Gasteiger partial charge in [0.2, 0.25) is 0 Å². The number of aryl methyl sites for hydroxylation is 2. The Balaban J connectivity index is 0.000000183. The van der Waals surface area contributed by atoms with Crippen LogP contribution in [0.2, 0.25) is 0 Å². The molecule has 0 aromatic carbocycles. The van der Waals surface area contributed by atoms with E-state index in [1.54, 1.807) is 18.6 Å². The number of hydrogen-bond acceptors (Lipinski definition) is 7. The minimum atomic E-state index is -1.08. The molecule has 2 N–H and O–H groups in total. The summed E-state index contributed by atoms with van der Waals surface area (Å²) < 4.78 is 0. The molecule has 0 bridgehead atoms. The third-order valence-corrected chi connectivity index (χ3v) is 5.86. The maximum atomic E-state index is 10.8. The van der Waals surface area contributed by atoms with Gasteiger partial charge in [-0.25, -0.2) is 9.59 Å². The Kier molecular flexibility index (Phi) is 12.3. The monoisotopic (exact) mass is 673 g/mol. The number of aromatic carboxylic acids is 2. The van der Waals surface area contributed by atoms with Crippen molar-refractivity contribution in [2.24, 2.45) is 0 Å². The summed E-state index contributed by atoms with van der Waals surface area (Å²) in [4.78, 5) is 46.6. The summed E-state index contributed by atoms with van der Waals surface area (Å²) in [6, 6.07) is 24.9. The number of rotatable bonds is 5. The van der Waals surface area contributed by atoms with Gasteiger partial charge in [-0.1, -0.05) is 36.8 Å². The third kappa shape index (κ3) is 9.30. The zero-order valence-corrected chi connectivity index (χ0v) is 25.5. The predicted octanol–water partition coefficient (Wildman–Crippen LogP) is 6.00. The Hall–Kier alpha value is -5.41. The molecule has 44 heavy (non-hydrogen) atoms. The van der Waals surface area contributed by atoms with Crippen molar-refractivity contribution in [2.75, 3.05) is 0 Å². The summed E-state index contributed by atoms with van der Waals surface area (Å²) in [7, 11) is 0. The molecule has 0 saturated heterocycles. The van der Waals surface area contributed by atoms with E-state index in [0.29, 0.717) is 11.4 Å². The SMILES string of the molecule is Cc1cc(C)c(-c2ccccn2)[n-]1.O=C(O)c1ccnc(-c2cc(C(=O)O)ccn2)c1.[Ru+].c1ccc(-c2ccccn2)nc1. The Morgan fingerprint density at radius 2 is 0.955 bits per heavy atom. The Bertz CT molecular complexity index is 1710. The fourth-order valence-electron chi connectivity index (χ4n) is 3.88. The van der Waals surface area contributed by atoms with Gasteiger partial charge in [0.15, 0.2) is 0 Å². The van der Waals surface area contributed by atoms with Crippen molar-refractivity contribution in [3.63, 3.8) is 0 Å². The van der Waals surface area contributed by atoms with Crippen LogP contribution in [0.25, 0.3) is 34.2 Å². The number of carboxylic acids is 2. The van der Waals surface area contributed by atoms with Gasteiger partial charge in [0.25, 0.3) is 0 Å². The zero-order valence-electron chi connectivity index (χ0n) is 23.7. The number of aromatic nitrogens is 6. The molecule has 0 aliphatic carbocycles. The Labute approximate surface area is 266 Å². The smallest absolute Gasteiger partial charge is 0.660 e. The molecule has 0 aliphatic heterocycles. The molecule has 6 heterocycles. The van der Waals surface area contributed by atoms with E-state index in [4.69, 9.17) is 10.2 Å². The summed E-state index contributed by atoms with van der Waals surface area (Å²) in [5.41, 5.74) is 6.80. The number of hydrogen-bond donors (Lipinski definition) is 2. The van der Waals surface area contributed by atoms with E-state index >= 15 is 0 Å². The van der Waals surface area contributed by atoms with Crippen molar-refractivity contribution < 1.29 is 39.3 Å². The molecule has 6 aromatic rings. The molecule has 11 heteroatoms. The first-order valence-electron chi connectivity index (χ1n) is 13.1. The van der Waals surface area contributed by atoms with Gasteiger partial charge in [-0.2, -0.15) is 5.69 Å². The fourth-order valence-corrected chi connectivity index (χ4v) is 3.88. The van der Waals surface area contributed by atoms with E-state index in [9.17, 15) is 9.59 Å². The second kappa shape index (κ2) is 16.3. The van der Waals surface area contributed by atoms with Gasteiger partial charge in [-0.3, -0.25) is 24.9 Å². The van der Waals surface area contributed by atoms with Crippen LogP contribution in [0.1, 0.15) is 32.0 Å². The second-order valence-corrected chi connectivity index (χ2v) is 9.04. The number of carboxylic acid groups (broad SMARTS) is 2. The molecule has 1 radical (unpaired) electrons. The maximum Gasteiger partial charge on any atom is 1.00 e. The van der Waals surface area contributed by atoms with Crippen LogP contribution in [-0.4, -0.2) is 47.1 Å². The maximum absolute atomic E-state index is 10.8. The third-order valence-electron chi connectivity index (χ3n) is 5.86. The standard InChI is InChI=1S/C12H8N2O4.C11H11N2.C10H8N2.Ru/c15-11(16)7-1-3-13-9(5-7)10-6-8(12(17)18)2-4-14-10;1-8-7-9(2)13-11(8)10-5-3-4-6-12-10;1-3-7-11-9(5-1)10-6-2-4-8-12-10;/h1-6H,(H,15,16)(H,17,18);3-7H,1-2H3;1-8H;/q;-1;;+1. The average Bonchev–Trinajstić information content (AvgIpc) is 3.40. The van der Waals surface area contributed by atoms with E-state index in [1.165, 1.54) is 42.2 Å². The van der Waals surface area contributed by atoms with E-state index < -0.39 is 11.9 Å². The molecule has 0 unspecified atom stereocenters. The Morgan fingerprint density at radius 3 is 1.30 bits per heavy atom. The molecule has 0 atom stereocenters. The summed E-state index contributed by atoms with van der Waals surface area (Å²) in [5, 5.41) is 17.7. The van der Waals surface area contributed by atoms with Gasteiger partial charge in [0.05, 0.1) is 33.9 Å². The van der Waals surface area contributed by atoms with Crippen molar-refractivity contribution in [2.45, 2.75) is 13.8 Å². The Morgan fingerprint density at radius 1 is 0.545 bits per heavy atom. The van der Waals surface area contributed by atoms with Crippen LogP contribution in [0.3, 0.4) is 0 Å². The molecular formula is C33H27N6O4Ru. The number of nitrogens with zero attached hydrogens (tertiary/aromatic N) is 6. The van der Waals surface area contributed by atoms with Gasteiger partial charge in [-0.05, 0) is 67.6 Å². The molecule has 6 rings (SSSR count). The van der Waals surface area contributed by atoms with Gasteiger partial charge >= 0.3 is 31.4 Å². The van der Waals surface area contributed by atoms with Gasteiger partial charge in [0, 0.05) is 36.7 Å². The van der Waals surface area contributed by atoms with Gasteiger partial charge < -0.3 is 15.2 Å². The minimum Gasteiger partial charge on any atom is -0.660 e. The first-order valence-corrected chi connectivity index (χ1v) is 13.1. The molecule has 0 amide bonds. The average molecular weight is 673 g/mol. The van der Waals surface area contributed by atoms with Crippen molar-refractivity contribution in [3.8, 4) is 34.2 Å². The normalized spacial score (nSPS) is 9.77. The van der Waals surface area contributed by atoms with Crippen LogP contribution in [0, 0.1) is 13.8 Å². The first-order chi connectivity index (χ1) is 20.8. The van der Waals surface area contributed by atoms with Gasteiger partial charge in [0.1, 0.15) is 0 Å². The van der Waals surface area contributed by atoms with Crippen LogP contribution in [0.4, 0.5) is 0 Å². The van der Waals surface area contributed by atoms with Crippen molar-refractivity contribution in [1.82, 2.24) is 29.9 Å². The second-order valence-electron chi connectivity index (χ2n) is 9.04. The first kappa shape index (κ1) is 33.1. The van der Waals surface area contributed by atoms with Crippen LogP contribution < -0.4 is 4.98 Å². The summed E-state index contributed by atoms with van der Waals surface area (Å²) in [6.07, 6.45) is 8.01. The van der Waals surface area contributed by atoms with E-state index in [2.05, 4.69) is 42.9 Å². The predicted molar refractivity (Wildman–Crippen MR) is 161 cm³/mol. The largest absolute Gasteiger partial charge is 1.00 e. The van der Waals surface area contributed by atoms with E-state index in [1.807, 2.05) is 61.5 Å². The van der Waals surface area contributed by atoms with Crippen LogP contribution in [-0.2, 0) is 19.5 Å². The molecule has 221 valence electrons. The van der Waals surface area contributed by atoms with Gasteiger partial charge in [-0.15, -0.1) is 5.69 Å². The van der Waals surface area contributed by atoms with Crippen molar-refractivity contribution in [1.29, 1.82) is 0 Å². The summed E-state index contributed by atoms with van der Waals surface area (Å²) in [6.45, 7) is 4.06. The quantitative estimate of drug-likeness (QED) is 0.208. The minimum absolute atomic E-state index is 0. The van der Waals surface area contributed by atoms with Crippen LogP contribution in [0.5, 0.6) is 0 Å². The number of pyridine rings is 5. The van der Waals surface area contributed by atoms with Crippen molar-refractivity contribution >= 4 is 11.9 Å². The molecule has 0 saturated carbocycles. The molecule has 6 aromatic heterocycles. The number of carbonyl (C=O) groups is 2. The molecular weight excluding hydrogens is 645 g/mol. The topological polar surface area (TPSA) is 153 Å². The fraction of sp³-hybridized carbons (Fsp3) is 0.0606. The zero-order chi connectivity index (χ0) is 30.6. The molecule has 0 aliphatic rings.